The van der Waals surface area contributed by atoms with Gasteiger partial charge in [0.2, 0.25) is 0 Å². The number of amidine groups is 1. The van der Waals surface area contributed by atoms with Crippen molar-refractivity contribution in [1.29, 1.82) is 0 Å². The van der Waals surface area contributed by atoms with Crippen molar-refractivity contribution in [3.8, 4) is 11.5 Å². The van der Waals surface area contributed by atoms with Gasteiger partial charge < -0.3 is 14.4 Å². The van der Waals surface area contributed by atoms with E-state index in [2.05, 4.69) is 4.99 Å². The van der Waals surface area contributed by atoms with Gasteiger partial charge in [-0.25, -0.2) is 8.42 Å². The Morgan fingerprint density at radius 1 is 1.09 bits per heavy atom. The Labute approximate surface area is 196 Å². The second-order valence-corrected chi connectivity index (χ2v) is 11.5. The van der Waals surface area contributed by atoms with E-state index in [0.29, 0.717) is 28.2 Å². The van der Waals surface area contributed by atoms with Gasteiger partial charge >= 0.3 is 0 Å². The van der Waals surface area contributed by atoms with Crippen LogP contribution in [0, 0.1) is 0 Å². The summed E-state index contributed by atoms with van der Waals surface area (Å²) in [6.45, 7) is 0.462. The lowest BCUT2D eigenvalue weighted by molar-refractivity contribution is -0.117. The number of carbonyl (C=O) groups is 1. The van der Waals surface area contributed by atoms with Gasteiger partial charge in [-0.15, -0.1) is 0 Å². The lowest BCUT2D eigenvalue weighted by Gasteiger charge is -2.24. The molecular formula is C22H23ClN2O5S2. The Kier molecular flexibility index (Phi) is 6.69. The zero-order valence-corrected chi connectivity index (χ0v) is 20.0. The van der Waals surface area contributed by atoms with Crippen molar-refractivity contribution in [2.24, 2.45) is 4.99 Å². The van der Waals surface area contributed by atoms with E-state index in [1.54, 1.807) is 44.6 Å². The second-order valence-electron chi connectivity index (χ2n) is 7.71. The van der Waals surface area contributed by atoms with E-state index in [0.717, 1.165) is 11.1 Å². The van der Waals surface area contributed by atoms with Crippen LogP contribution in [-0.2, 0) is 27.6 Å². The largest absolute Gasteiger partial charge is 0.493 e. The number of benzene rings is 2. The predicted molar refractivity (Wildman–Crippen MR) is 127 cm³/mol. The average Bonchev–Trinajstić information content (AvgIpc) is 3.21. The highest BCUT2D eigenvalue weighted by Crippen LogP contribution is 2.39. The van der Waals surface area contributed by atoms with E-state index in [4.69, 9.17) is 21.1 Å². The third-order valence-electron chi connectivity index (χ3n) is 5.46. The van der Waals surface area contributed by atoms with Crippen molar-refractivity contribution in [2.75, 3.05) is 25.7 Å². The Morgan fingerprint density at radius 3 is 2.47 bits per heavy atom. The fourth-order valence-electron chi connectivity index (χ4n) is 3.92. The number of carbonyl (C=O) groups excluding carboxylic acids is 1. The maximum atomic E-state index is 12.8. The van der Waals surface area contributed by atoms with Crippen LogP contribution in [0.2, 0.25) is 5.02 Å². The second kappa shape index (κ2) is 9.33. The number of hydrogen-bond acceptors (Lipinski definition) is 6. The summed E-state index contributed by atoms with van der Waals surface area (Å²) in [5.41, 5.74) is 1.73. The number of rotatable bonds is 6. The van der Waals surface area contributed by atoms with Crippen molar-refractivity contribution in [1.82, 2.24) is 4.90 Å². The molecule has 2 aromatic rings. The summed E-state index contributed by atoms with van der Waals surface area (Å²) in [4.78, 5) is 19.1. The summed E-state index contributed by atoms with van der Waals surface area (Å²) >= 11 is 7.36. The molecule has 2 saturated heterocycles. The molecule has 2 aliphatic rings. The average molecular weight is 495 g/mol. The fourth-order valence-corrected chi connectivity index (χ4v) is 8.01. The summed E-state index contributed by atoms with van der Waals surface area (Å²) in [5, 5.41) is 1.07. The van der Waals surface area contributed by atoms with Crippen molar-refractivity contribution in [3.63, 3.8) is 0 Å². The van der Waals surface area contributed by atoms with Gasteiger partial charge in [-0.2, -0.15) is 4.99 Å². The van der Waals surface area contributed by atoms with Gasteiger partial charge in [0, 0.05) is 16.8 Å². The number of sulfone groups is 1. The summed E-state index contributed by atoms with van der Waals surface area (Å²) < 4.78 is 34.9. The summed E-state index contributed by atoms with van der Waals surface area (Å²) in [6, 6.07) is 12.5. The van der Waals surface area contributed by atoms with Crippen LogP contribution in [0.1, 0.15) is 11.1 Å². The topological polar surface area (TPSA) is 85.3 Å². The first kappa shape index (κ1) is 22.9. The Hall–Kier alpha value is -2.23. The van der Waals surface area contributed by atoms with Crippen LogP contribution in [-0.4, -0.2) is 61.4 Å². The van der Waals surface area contributed by atoms with E-state index in [9.17, 15) is 13.2 Å². The van der Waals surface area contributed by atoms with E-state index in [1.807, 2.05) is 17.0 Å². The van der Waals surface area contributed by atoms with Crippen molar-refractivity contribution >= 4 is 44.3 Å². The Balaban J connectivity index is 1.56. The number of thioether (sulfide) groups is 1. The molecule has 0 bridgehead atoms. The maximum absolute atomic E-state index is 12.8. The number of aliphatic imine (C=N–C) groups is 1. The zero-order chi connectivity index (χ0) is 22.9. The molecule has 0 spiro atoms. The van der Waals surface area contributed by atoms with Crippen LogP contribution in [0.25, 0.3) is 0 Å². The Bertz CT molecular complexity index is 1150. The molecule has 10 heteroatoms. The maximum Gasteiger partial charge on any atom is 0.252 e. The van der Waals surface area contributed by atoms with Gasteiger partial charge in [0.25, 0.3) is 5.91 Å². The molecular weight excluding hydrogens is 472 g/mol. The molecule has 4 rings (SSSR count). The van der Waals surface area contributed by atoms with Gasteiger partial charge in [-0.1, -0.05) is 41.6 Å². The number of fused-ring (bicyclic) bond motifs is 1. The SMILES string of the molecule is COc1ccc(CC(=O)N=C2S[C@@H]3CS(=O)(=O)C[C@@H]3N2Cc2ccc(Cl)cc2)cc1OC. The lowest BCUT2D eigenvalue weighted by atomic mass is 10.1. The van der Waals surface area contributed by atoms with Crippen LogP contribution in [0.4, 0.5) is 0 Å². The monoisotopic (exact) mass is 494 g/mol. The molecule has 2 atom stereocenters. The van der Waals surface area contributed by atoms with Gasteiger partial charge in [0.15, 0.2) is 26.5 Å². The lowest BCUT2D eigenvalue weighted by Crippen LogP contribution is -2.37. The first-order valence-electron chi connectivity index (χ1n) is 9.98. The summed E-state index contributed by atoms with van der Waals surface area (Å²) in [6.07, 6.45) is 0.104. The molecule has 0 unspecified atom stereocenters. The van der Waals surface area contributed by atoms with Crippen LogP contribution in [0.15, 0.2) is 47.5 Å². The molecule has 0 aliphatic carbocycles. The number of halogens is 1. The van der Waals surface area contributed by atoms with Gasteiger partial charge in [-0.3, -0.25) is 4.79 Å². The standard InChI is InChI=1S/C22H23ClN2O5S2/c1-29-18-8-5-15(9-19(18)30-2)10-21(26)24-22-25(11-14-3-6-16(23)7-4-14)17-12-32(27,28)13-20(17)31-22/h3-9,17,20H,10-13H2,1-2H3/t17-,20+/m0/s1. The molecule has 170 valence electrons. The molecule has 32 heavy (non-hydrogen) atoms. The van der Waals surface area contributed by atoms with Gasteiger partial charge in [0.1, 0.15) is 0 Å². The third-order valence-corrected chi connectivity index (χ3v) is 8.96. The molecule has 7 nitrogen and oxygen atoms in total. The minimum Gasteiger partial charge on any atom is -0.493 e. The quantitative estimate of drug-likeness (QED) is 0.609. The molecule has 2 fully saturated rings. The van der Waals surface area contributed by atoms with Gasteiger partial charge in [-0.05, 0) is 35.4 Å². The van der Waals surface area contributed by atoms with Crippen molar-refractivity contribution in [2.45, 2.75) is 24.3 Å². The number of hydrogen-bond donors (Lipinski definition) is 0. The van der Waals surface area contributed by atoms with Crippen LogP contribution >= 0.6 is 23.4 Å². The first-order valence-corrected chi connectivity index (χ1v) is 13.1. The van der Waals surface area contributed by atoms with Crippen LogP contribution < -0.4 is 9.47 Å². The van der Waals surface area contributed by atoms with Gasteiger partial charge in [0.05, 0.1) is 38.2 Å². The zero-order valence-electron chi connectivity index (χ0n) is 17.7. The molecule has 1 amide bonds. The number of methoxy groups -OCH3 is 2. The third kappa shape index (κ3) is 5.05. The first-order chi connectivity index (χ1) is 15.3. The molecule has 2 aromatic carbocycles. The predicted octanol–water partition coefficient (Wildman–Crippen LogP) is 3.20. The van der Waals surface area contributed by atoms with Crippen LogP contribution in [0.5, 0.6) is 11.5 Å². The summed E-state index contributed by atoms with van der Waals surface area (Å²) in [7, 11) is -0.00565. The fraction of sp³-hybridized carbons (Fsp3) is 0.364. The molecule has 0 radical (unpaired) electrons. The highest BCUT2D eigenvalue weighted by Gasteiger charge is 2.48. The van der Waals surface area contributed by atoms with Crippen molar-refractivity contribution < 1.29 is 22.7 Å². The van der Waals surface area contributed by atoms with Crippen molar-refractivity contribution in [3.05, 3.63) is 58.6 Å². The molecule has 0 saturated carbocycles. The number of amides is 1. The van der Waals surface area contributed by atoms with Crippen LogP contribution in [0.3, 0.4) is 0 Å². The van der Waals surface area contributed by atoms with E-state index < -0.39 is 9.84 Å². The molecule has 2 heterocycles. The highest BCUT2D eigenvalue weighted by atomic mass is 35.5. The molecule has 0 N–H and O–H groups in total. The molecule has 0 aromatic heterocycles. The Morgan fingerprint density at radius 2 is 1.78 bits per heavy atom. The minimum atomic E-state index is -3.10. The van der Waals surface area contributed by atoms with E-state index in [-0.39, 0.29) is 35.1 Å². The van der Waals surface area contributed by atoms with E-state index >= 15 is 0 Å². The summed E-state index contributed by atoms with van der Waals surface area (Å²) in [5.74, 6) is 1.00. The number of nitrogens with zero attached hydrogens (tertiary/aromatic N) is 2. The highest BCUT2D eigenvalue weighted by molar-refractivity contribution is 8.15. The normalized spacial score (nSPS) is 22.7. The molecule has 2 aliphatic heterocycles. The smallest absolute Gasteiger partial charge is 0.252 e. The minimum absolute atomic E-state index is 0.0706. The number of ether oxygens (including phenoxy) is 2. The van der Waals surface area contributed by atoms with E-state index in [1.165, 1.54) is 11.8 Å².